The van der Waals surface area contributed by atoms with Crippen molar-refractivity contribution in [2.24, 2.45) is 22.7 Å². The zero-order valence-electron chi connectivity index (χ0n) is 18.6. The molecule has 1 fully saturated rings. The lowest BCUT2D eigenvalue weighted by Crippen LogP contribution is -2.49. The quantitative estimate of drug-likeness (QED) is 0.510. The summed E-state index contributed by atoms with van der Waals surface area (Å²) in [5.41, 5.74) is 2.22. The van der Waals surface area contributed by atoms with Gasteiger partial charge in [0.1, 0.15) is 11.7 Å². The Morgan fingerprint density at radius 1 is 1.10 bits per heavy atom. The molecule has 0 spiro atoms. The van der Waals surface area contributed by atoms with Gasteiger partial charge in [0.15, 0.2) is 5.78 Å². The van der Waals surface area contributed by atoms with Crippen LogP contribution in [0, 0.1) is 17.8 Å². The molecule has 3 rings (SSSR count). The molecule has 1 aromatic rings. The molecule has 0 bridgehead atoms. The number of carbonyl (C=O) groups is 3. The Morgan fingerprint density at radius 2 is 1.77 bits per heavy atom. The molecule has 0 N–H and O–H groups in total. The first-order chi connectivity index (χ1) is 14.8. The maximum Gasteiger partial charge on any atom is 0.336 e. The van der Waals surface area contributed by atoms with E-state index in [0.29, 0.717) is 34.7 Å². The van der Waals surface area contributed by atoms with E-state index in [2.05, 4.69) is 4.99 Å². The molecule has 1 aromatic carbocycles. The summed E-state index contributed by atoms with van der Waals surface area (Å²) in [5, 5.41) is 0. The van der Waals surface area contributed by atoms with Gasteiger partial charge in [-0.25, -0.2) is 4.79 Å². The summed E-state index contributed by atoms with van der Waals surface area (Å²) in [6, 6.07) is 7.29. The number of Topliss-reactive ketones (excluding diaryl/α,β-unsaturated/α-hetero) is 1. The van der Waals surface area contributed by atoms with Gasteiger partial charge in [0.05, 0.1) is 31.8 Å². The minimum absolute atomic E-state index is 0.198. The molecule has 0 amide bonds. The van der Waals surface area contributed by atoms with Crippen LogP contribution in [0.25, 0.3) is 0 Å². The van der Waals surface area contributed by atoms with Crippen LogP contribution < -0.4 is 4.74 Å². The van der Waals surface area contributed by atoms with Gasteiger partial charge in [0, 0.05) is 22.9 Å². The molecule has 166 valence electrons. The molecule has 1 unspecified atom stereocenters. The fourth-order valence-electron chi connectivity index (χ4n) is 4.67. The molecule has 7 heteroatoms. The van der Waals surface area contributed by atoms with Gasteiger partial charge < -0.3 is 14.2 Å². The number of ether oxygens (including phenoxy) is 3. The predicted octanol–water partition coefficient (Wildman–Crippen LogP) is 3.47. The highest BCUT2D eigenvalue weighted by Crippen LogP contribution is 2.47. The van der Waals surface area contributed by atoms with Crippen LogP contribution in [0.5, 0.6) is 5.75 Å². The smallest absolute Gasteiger partial charge is 0.336 e. The Hall–Kier alpha value is -2.96. The average Bonchev–Trinajstić information content (AvgIpc) is 2.73. The molecule has 0 saturated heterocycles. The molecule has 31 heavy (non-hydrogen) atoms. The summed E-state index contributed by atoms with van der Waals surface area (Å²) < 4.78 is 16.1. The Bertz CT molecular complexity index is 947. The summed E-state index contributed by atoms with van der Waals surface area (Å²) in [4.78, 5) is 43.9. The van der Waals surface area contributed by atoms with Gasteiger partial charge >= 0.3 is 11.9 Å². The van der Waals surface area contributed by atoms with Gasteiger partial charge in [0.25, 0.3) is 0 Å². The summed E-state index contributed by atoms with van der Waals surface area (Å²) >= 11 is 0. The highest BCUT2D eigenvalue weighted by atomic mass is 16.5. The number of ketones is 1. The number of benzene rings is 1. The maximum absolute atomic E-state index is 13.7. The Kier molecular flexibility index (Phi) is 6.93. The summed E-state index contributed by atoms with van der Waals surface area (Å²) in [7, 11) is 1.55. The standard InChI is InChI=1S/C24H29NO6/c1-6-30-23(27)18-13(3)12-16-21(22(18)26)20(15-10-8-9-11-17(15)29-5)19(14(4)25-16)24(28)31-7-2/h8-11,13,18,20-21H,6-7,12H2,1-5H3/t13-,18-,20-,21?/m1/s1. The van der Waals surface area contributed by atoms with Gasteiger partial charge in [-0.3, -0.25) is 14.6 Å². The van der Waals surface area contributed by atoms with Crippen LogP contribution in [0.4, 0.5) is 0 Å². The Balaban J connectivity index is 2.19. The fourth-order valence-corrected chi connectivity index (χ4v) is 4.67. The number of hydrogen-bond donors (Lipinski definition) is 0. The van der Waals surface area contributed by atoms with E-state index in [0.717, 1.165) is 0 Å². The lowest BCUT2D eigenvalue weighted by atomic mass is 9.63. The third-order valence-corrected chi connectivity index (χ3v) is 5.93. The van der Waals surface area contributed by atoms with Crippen LogP contribution in [-0.4, -0.2) is 43.8 Å². The van der Waals surface area contributed by atoms with E-state index in [4.69, 9.17) is 14.2 Å². The summed E-state index contributed by atoms with van der Waals surface area (Å²) in [6.07, 6.45) is 0.471. The number of allylic oxidation sites excluding steroid dienone is 1. The maximum atomic E-state index is 13.7. The SMILES string of the molecule is CCOC(=O)C1=C(C)N=C2C[C@@H](C)[C@@H](C(=O)OCC)C(=O)C2[C@@H]1c1ccccc1OC. The van der Waals surface area contributed by atoms with E-state index < -0.39 is 29.7 Å². The van der Waals surface area contributed by atoms with Crippen LogP contribution in [0.2, 0.25) is 0 Å². The van der Waals surface area contributed by atoms with Crippen LogP contribution in [0.15, 0.2) is 40.5 Å². The number of hydrogen-bond acceptors (Lipinski definition) is 7. The molecular weight excluding hydrogens is 398 g/mol. The molecule has 2 aliphatic rings. The van der Waals surface area contributed by atoms with E-state index in [1.807, 2.05) is 25.1 Å². The lowest BCUT2D eigenvalue weighted by Gasteiger charge is -2.40. The van der Waals surface area contributed by atoms with Crippen LogP contribution in [0.3, 0.4) is 0 Å². The average molecular weight is 427 g/mol. The molecule has 4 atom stereocenters. The van der Waals surface area contributed by atoms with Crippen molar-refractivity contribution in [3.05, 3.63) is 41.1 Å². The summed E-state index contributed by atoms with van der Waals surface area (Å²) in [6.45, 7) is 7.45. The number of carbonyl (C=O) groups excluding carboxylic acids is 3. The van der Waals surface area contributed by atoms with Crippen LogP contribution >= 0.6 is 0 Å². The van der Waals surface area contributed by atoms with E-state index in [1.54, 1.807) is 33.9 Å². The zero-order valence-corrected chi connectivity index (χ0v) is 18.6. The number of para-hydroxylation sites is 1. The zero-order chi connectivity index (χ0) is 22.7. The largest absolute Gasteiger partial charge is 0.496 e. The highest BCUT2D eigenvalue weighted by Gasteiger charge is 2.52. The molecule has 7 nitrogen and oxygen atoms in total. The molecule has 1 heterocycles. The number of esters is 2. The Morgan fingerprint density at radius 3 is 2.42 bits per heavy atom. The van der Waals surface area contributed by atoms with Gasteiger partial charge in [-0.2, -0.15) is 0 Å². The number of nitrogens with zero attached hydrogens (tertiary/aromatic N) is 1. The number of rotatable bonds is 6. The monoisotopic (exact) mass is 427 g/mol. The second-order valence-electron chi connectivity index (χ2n) is 7.83. The van der Waals surface area contributed by atoms with Crippen molar-refractivity contribution >= 4 is 23.4 Å². The van der Waals surface area contributed by atoms with Gasteiger partial charge in [-0.15, -0.1) is 0 Å². The minimum Gasteiger partial charge on any atom is -0.496 e. The van der Waals surface area contributed by atoms with Crippen molar-refractivity contribution in [1.82, 2.24) is 0 Å². The van der Waals surface area contributed by atoms with Gasteiger partial charge in [-0.05, 0) is 39.2 Å². The third kappa shape index (κ3) is 4.13. The van der Waals surface area contributed by atoms with Crippen molar-refractivity contribution in [2.75, 3.05) is 20.3 Å². The van der Waals surface area contributed by atoms with Crippen molar-refractivity contribution in [1.29, 1.82) is 0 Å². The first-order valence-electron chi connectivity index (χ1n) is 10.6. The van der Waals surface area contributed by atoms with E-state index >= 15 is 0 Å². The molecule has 1 aliphatic heterocycles. The minimum atomic E-state index is -0.900. The molecule has 1 aliphatic carbocycles. The number of methoxy groups -OCH3 is 1. The lowest BCUT2D eigenvalue weighted by molar-refractivity contribution is -0.154. The first-order valence-corrected chi connectivity index (χ1v) is 10.6. The molecule has 0 aromatic heterocycles. The van der Waals surface area contributed by atoms with E-state index in [9.17, 15) is 14.4 Å². The van der Waals surface area contributed by atoms with E-state index in [1.165, 1.54) is 0 Å². The third-order valence-electron chi connectivity index (χ3n) is 5.93. The van der Waals surface area contributed by atoms with Crippen molar-refractivity contribution in [3.8, 4) is 5.75 Å². The molecule has 0 radical (unpaired) electrons. The van der Waals surface area contributed by atoms with Crippen molar-refractivity contribution in [3.63, 3.8) is 0 Å². The van der Waals surface area contributed by atoms with Gasteiger partial charge in [-0.1, -0.05) is 25.1 Å². The Labute approximate surface area is 182 Å². The van der Waals surface area contributed by atoms with Crippen LogP contribution in [-0.2, 0) is 23.9 Å². The number of fused-ring (bicyclic) bond motifs is 1. The first kappa shape index (κ1) is 22.7. The molecule has 1 saturated carbocycles. The highest BCUT2D eigenvalue weighted by molar-refractivity contribution is 6.17. The van der Waals surface area contributed by atoms with Crippen molar-refractivity contribution < 1.29 is 28.6 Å². The predicted molar refractivity (Wildman–Crippen MR) is 115 cm³/mol. The van der Waals surface area contributed by atoms with Gasteiger partial charge in [0.2, 0.25) is 0 Å². The summed E-state index contributed by atoms with van der Waals surface area (Å²) in [5.74, 6) is -3.31. The second kappa shape index (κ2) is 9.45. The van der Waals surface area contributed by atoms with Crippen molar-refractivity contribution in [2.45, 2.75) is 40.0 Å². The topological polar surface area (TPSA) is 91.3 Å². The normalized spacial score (nSPS) is 25.5. The second-order valence-corrected chi connectivity index (χ2v) is 7.83. The van der Waals surface area contributed by atoms with E-state index in [-0.39, 0.29) is 24.9 Å². The molecular formula is C24H29NO6. The fraction of sp³-hybridized carbons (Fsp3) is 0.500. The number of aliphatic imine (C=N–C) groups is 1. The van der Waals surface area contributed by atoms with Crippen LogP contribution in [0.1, 0.15) is 45.6 Å².